The summed E-state index contributed by atoms with van der Waals surface area (Å²) in [5, 5.41) is 4.51. The Morgan fingerprint density at radius 1 is 1.64 bits per heavy atom. The maximum Gasteiger partial charge on any atom is 0.0771 e. The Labute approximate surface area is 85.1 Å². The number of ether oxygens (including phenoxy) is 1. The van der Waals surface area contributed by atoms with E-state index in [9.17, 15) is 0 Å². The molecule has 1 aromatic rings. The molecule has 1 atom stereocenters. The molecular weight excluding hydrogens is 176 g/mol. The maximum absolute atomic E-state index is 5.57. The molecule has 3 nitrogen and oxygen atoms in total. The normalized spacial score (nSPS) is 22.1. The summed E-state index contributed by atoms with van der Waals surface area (Å²) in [4.78, 5) is 0. The van der Waals surface area contributed by atoms with Crippen molar-refractivity contribution in [3.63, 3.8) is 0 Å². The summed E-state index contributed by atoms with van der Waals surface area (Å²) in [6, 6.07) is 2.10. The molecule has 3 heteroatoms. The highest BCUT2D eigenvalue weighted by atomic mass is 16.5. The van der Waals surface area contributed by atoms with Crippen molar-refractivity contribution in [3.8, 4) is 0 Å². The second kappa shape index (κ2) is 4.13. The Hall–Kier alpha value is -0.830. The van der Waals surface area contributed by atoms with Crippen molar-refractivity contribution in [2.75, 3.05) is 6.61 Å². The van der Waals surface area contributed by atoms with Crippen molar-refractivity contribution in [2.45, 2.75) is 45.3 Å². The van der Waals surface area contributed by atoms with Crippen molar-refractivity contribution < 1.29 is 4.74 Å². The highest BCUT2D eigenvalue weighted by Crippen LogP contribution is 2.15. The summed E-state index contributed by atoms with van der Waals surface area (Å²) in [5.41, 5.74) is 1.17. The third-order valence-electron chi connectivity index (χ3n) is 2.67. The predicted molar refractivity (Wildman–Crippen MR) is 55.3 cm³/mol. The van der Waals surface area contributed by atoms with Gasteiger partial charge in [-0.15, -0.1) is 0 Å². The van der Waals surface area contributed by atoms with Crippen LogP contribution in [0.1, 0.15) is 38.3 Å². The van der Waals surface area contributed by atoms with Crippen LogP contribution < -0.4 is 0 Å². The van der Waals surface area contributed by atoms with Gasteiger partial charge in [0.2, 0.25) is 0 Å². The standard InChI is InChI=1S/C11H18N2O/c1-9(2)11-5-6-13(12-11)8-10-4-3-7-14-10/h5-6,9-10H,3-4,7-8H2,1-2H3. The van der Waals surface area contributed by atoms with E-state index in [0.29, 0.717) is 12.0 Å². The monoisotopic (exact) mass is 194 g/mol. The summed E-state index contributed by atoms with van der Waals surface area (Å²) < 4.78 is 7.57. The molecule has 0 spiro atoms. The molecule has 0 aliphatic carbocycles. The van der Waals surface area contributed by atoms with Crippen molar-refractivity contribution in [1.29, 1.82) is 0 Å². The highest BCUT2D eigenvalue weighted by molar-refractivity contribution is 5.03. The number of hydrogen-bond acceptors (Lipinski definition) is 2. The third kappa shape index (κ3) is 2.15. The summed E-state index contributed by atoms with van der Waals surface area (Å²) in [5.74, 6) is 0.515. The van der Waals surface area contributed by atoms with Crippen LogP contribution in [0.25, 0.3) is 0 Å². The van der Waals surface area contributed by atoms with Gasteiger partial charge in [-0.1, -0.05) is 13.8 Å². The van der Waals surface area contributed by atoms with Crippen molar-refractivity contribution in [1.82, 2.24) is 9.78 Å². The molecule has 0 saturated carbocycles. The van der Waals surface area contributed by atoms with Crippen LogP contribution in [0.5, 0.6) is 0 Å². The Morgan fingerprint density at radius 3 is 3.07 bits per heavy atom. The summed E-state index contributed by atoms with van der Waals surface area (Å²) in [6.07, 6.45) is 4.81. The number of rotatable bonds is 3. The van der Waals surface area contributed by atoms with Gasteiger partial charge >= 0.3 is 0 Å². The molecule has 0 N–H and O–H groups in total. The zero-order valence-corrected chi connectivity index (χ0v) is 8.94. The van der Waals surface area contributed by atoms with E-state index in [-0.39, 0.29) is 0 Å². The molecule has 1 saturated heterocycles. The Bertz CT molecular complexity index is 287. The Balaban J connectivity index is 1.95. The molecular formula is C11H18N2O. The second-order valence-electron chi connectivity index (χ2n) is 4.25. The van der Waals surface area contributed by atoms with Gasteiger partial charge in [0.1, 0.15) is 0 Å². The molecule has 1 fully saturated rings. The van der Waals surface area contributed by atoms with Gasteiger partial charge in [0.05, 0.1) is 18.3 Å². The maximum atomic E-state index is 5.57. The minimum Gasteiger partial charge on any atom is -0.376 e. The summed E-state index contributed by atoms with van der Waals surface area (Å²) >= 11 is 0. The minimum atomic E-state index is 0.384. The van der Waals surface area contributed by atoms with Gasteiger partial charge in [-0.25, -0.2) is 0 Å². The van der Waals surface area contributed by atoms with E-state index >= 15 is 0 Å². The fraction of sp³-hybridized carbons (Fsp3) is 0.727. The smallest absolute Gasteiger partial charge is 0.0771 e. The summed E-state index contributed by atoms with van der Waals surface area (Å²) in [6.45, 7) is 6.16. The molecule has 0 bridgehead atoms. The molecule has 1 aromatic heterocycles. The van der Waals surface area contributed by atoms with E-state index < -0.39 is 0 Å². The van der Waals surface area contributed by atoms with E-state index in [1.54, 1.807) is 0 Å². The lowest BCUT2D eigenvalue weighted by Gasteiger charge is -2.08. The number of nitrogens with zero attached hydrogens (tertiary/aromatic N) is 2. The lowest BCUT2D eigenvalue weighted by Crippen LogP contribution is -2.15. The van der Waals surface area contributed by atoms with Crippen molar-refractivity contribution in [3.05, 3.63) is 18.0 Å². The molecule has 78 valence electrons. The molecule has 0 radical (unpaired) electrons. The number of hydrogen-bond donors (Lipinski definition) is 0. The topological polar surface area (TPSA) is 27.1 Å². The minimum absolute atomic E-state index is 0.384. The molecule has 1 aliphatic heterocycles. The van der Waals surface area contributed by atoms with Crippen molar-refractivity contribution >= 4 is 0 Å². The van der Waals surface area contributed by atoms with Crippen LogP contribution in [0.3, 0.4) is 0 Å². The molecule has 0 aromatic carbocycles. The quantitative estimate of drug-likeness (QED) is 0.737. The number of aromatic nitrogens is 2. The van der Waals surface area contributed by atoms with E-state index in [0.717, 1.165) is 13.2 Å². The van der Waals surface area contributed by atoms with Crippen LogP contribution in [0, 0.1) is 0 Å². The first-order valence-electron chi connectivity index (χ1n) is 5.40. The average Bonchev–Trinajstić information content (AvgIpc) is 2.75. The highest BCUT2D eigenvalue weighted by Gasteiger charge is 2.16. The van der Waals surface area contributed by atoms with Crippen LogP contribution >= 0.6 is 0 Å². The second-order valence-corrected chi connectivity index (χ2v) is 4.25. The van der Waals surface area contributed by atoms with E-state index in [2.05, 4.69) is 31.2 Å². The van der Waals surface area contributed by atoms with Crippen LogP contribution in [0.2, 0.25) is 0 Å². The SMILES string of the molecule is CC(C)c1ccn(CC2CCCO2)n1. The lowest BCUT2D eigenvalue weighted by molar-refractivity contribution is 0.0939. The van der Waals surface area contributed by atoms with Crippen LogP contribution in [0.15, 0.2) is 12.3 Å². The molecule has 1 unspecified atom stereocenters. The Morgan fingerprint density at radius 2 is 2.50 bits per heavy atom. The molecule has 1 aliphatic rings. The van der Waals surface area contributed by atoms with E-state index in [1.165, 1.54) is 18.5 Å². The lowest BCUT2D eigenvalue weighted by atomic mass is 10.1. The van der Waals surface area contributed by atoms with Gasteiger partial charge in [0.25, 0.3) is 0 Å². The first-order chi connectivity index (χ1) is 6.75. The average molecular weight is 194 g/mol. The molecule has 2 heterocycles. The van der Waals surface area contributed by atoms with Gasteiger partial charge in [-0.3, -0.25) is 4.68 Å². The molecule has 2 rings (SSSR count). The van der Waals surface area contributed by atoms with Crippen molar-refractivity contribution in [2.24, 2.45) is 0 Å². The van der Waals surface area contributed by atoms with E-state index in [1.807, 2.05) is 4.68 Å². The zero-order valence-electron chi connectivity index (χ0n) is 8.94. The van der Waals surface area contributed by atoms with Crippen LogP contribution in [0.4, 0.5) is 0 Å². The van der Waals surface area contributed by atoms with Gasteiger partial charge in [0, 0.05) is 12.8 Å². The van der Waals surface area contributed by atoms with Gasteiger partial charge in [-0.2, -0.15) is 5.10 Å². The van der Waals surface area contributed by atoms with E-state index in [4.69, 9.17) is 4.74 Å². The Kier molecular flexibility index (Phi) is 2.87. The molecule has 0 amide bonds. The van der Waals surface area contributed by atoms with Crippen LogP contribution in [-0.4, -0.2) is 22.5 Å². The van der Waals surface area contributed by atoms with Gasteiger partial charge in [-0.05, 0) is 24.8 Å². The fourth-order valence-electron chi connectivity index (χ4n) is 1.78. The van der Waals surface area contributed by atoms with Crippen LogP contribution in [-0.2, 0) is 11.3 Å². The first kappa shape index (κ1) is 9.71. The zero-order chi connectivity index (χ0) is 9.97. The first-order valence-corrected chi connectivity index (χ1v) is 5.40. The predicted octanol–water partition coefficient (Wildman–Crippen LogP) is 2.19. The largest absolute Gasteiger partial charge is 0.376 e. The summed E-state index contributed by atoms with van der Waals surface area (Å²) in [7, 11) is 0. The fourth-order valence-corrected chi connectivity index (χ4v) is 1.78. The van der Waals surface area contributed by atoms with Gasteiger partial charge < -0.3 is 4.74 Å². The molecule has 14 heavy (non-hydrogen) atoms. The third-order valence-corrected chi connectivity index (χ3v) is 2.67. The van der Waals surface area contributed by atoms with Gasteiger partial charge in [0.15, 0.2) is 0 Å².